The van der Waals surface area contributed by atoms with E-state index in [0.29, 0.717) is 0 Å². The zero-order valence-corrected chi connectivity index (χ0v) is 9.18. The molecule has 0 radical (unpaired) electrons. The van der Waals surface area contributed by atoms with Crippen LogP contribution < -0.4 is 5.73 Å². The number of nitrogens with two attached hydrogens (primary N) is 1. The topological polar surface area (TPSA) is 35.2 Å². The van der Waals surface area contributed by atoms with Crippen molar-refractivity contribution >= 4 is 0 Å². The molecule has 0 amide bonds. The Bertz CT molecular complexity index is 186. The molecule has 0 rings (SSSR count). The van der Waals surface area contributed by atoms with E-state index in [1.54, 1.807) is 7.11 Å². The molecule has 2 heteroatoms. The molecule has 0 fully saturated rings. The minimum absolute atomic E-state index is 0.0725. The van der Waals surface area contributed by atoms with E-state index in [1.165, 1.54) is 0 Å². The number of hydrogen-bond donors (Lipinski definition) is 1. The first-order chi connectivity index (χ1) is 6.10. The second kappa shape index (κ2) is 6.01. The molecular weight excluding hydrogens is 162 g/mol. The second-order valence-corrected chi connectivity index (χ2v) is 3.44. The highest BCUT2D eigenvalue weighted by atomic mass is 16.5. The molecule has 76 valence electrons. The molecule has 2 N–H and O–H groups in total. The summed E-state index contributed by atoms with van der Waals surface area (Å²) in [5, 5.41) is 0. The summed E-state index contributed by atoms with van der Waals surface area (Å²) >= 11 is 0. The highest BCUT2D eigenvalue weighted by molar-refractivity contribution is 4.97. The number of ether oxygens (including phenoxy) is 1. The number of methoxy groups -OCH3 is 1. The monoisotopic (exact) mass is 183 g/mol. The minimum atomic E-state index is -0.199. The molecule has 0 aromatic carbocycles. The van der Waals surface area contributed by atoms with Crippen LogP contribution in [0.4, 0.5) is 0 Å². The normalized spacial score (nSPS) is 17.0. The van der Waals surface area contributed by atoms with Gasteiger partial charge in [0.15, 0.2) is 0 Å². The smallest absolute Gasteiger partial charge is 0.0798 e. The van der Waals surface area contributed by atoms with Gasteiger partial charge in [-0.25, -0.2) is 0 Å². The Morgan fingerprint density at radius 2 is 2.15 bits per heavy atom. The first-order valence-electron chi connectivity index (χ1n) is 4.81. The van der Waals surface area contributed by atoms with E-state index < -0.39 is 0 Å². The molecule has 0 aliphatic carbocycles. The number of rotatable bonds is 5. The lowest BCUT2D eigenvalue weighted by atomic mass is 9.90. The Morgan fingerprint density at radius 3 is 2.54 bits per heavy atom. The van der Waals surface area contributed by atoms with E-state index in [2.05, 4.69) is 25.7 Å². The van der Waals surface area contributed by atoms with Gasteiger partial charge in [0.1, 0.15) is 0 Å². The molecule has 0 saturated carbocycles. The van der Waals surface area contributed by atoms with Crippen molar-refractivity contribution in [1.29, 1.82) is 0 Å². The van der Waals surface area contributed by atoms with Crippen molar-refractivity contribution in [3.05, 3.63) is 0 Å². The van der Waals surface area contributed by atoms with Crippen LogP contribution in [0, 0.1) is 11.8 Å². The zero-order chi connectivity index (χ0) is 10.3. The summed E-state index contributed by atoms with van der Waals surface area (Å²) in [5.41, 5.74) is 5.82. The van der Waals surface area contributed by atoms with E-state index in [-0.39, 0.29) is 11.6 Å². The summed E-state index contributed by atoms with van der Waals surface area (Å²) in [6.45, 7) is 5.99. The Morgan fingerprint density at radius 1 is 1.54 bits per heavy atom. The molecule has 0 aliphatic rings. The molecule has 2 unspecified atom stereocenters. The third kappa shape index (κ3) is 3.80. The maximum atomic E-state index is 6.02. The summed E-state index contributed by atoms with van der Waals surface area (Å²) in [6.07, 6.45) is 2.69. The molecule has 13 heavy (non-hydrogen) atoms. The van der Waals surface area contributed by atoms with Crippen LogP contribution >= 0.6 is 0 Å². The SMILES string of the molecule is CC#CCCC(N)C(C)(CC)OC. The fraction of sp³-hybridized carbons (Fsp3) is 0.818. The summed E-state index contributed by atoms with van der Waals surface area (Å²) in [6, 6.07) is 0.0725. The van der Waals surface area contributed by atoms with Gasteiger partial charge in [-0.05, 0) is 26.7 Å². The van der Waals surface area contributed by atoms with Crippen LogP contribution in [0.5, 0.6) is 0 Å². The second-order valence-electron chi connectivity index (χ2n) is 3.44. The van der Waals surface area contributed by atoms with Crippen LogP contribution in [0.3, 0.4) is 0 Å². The summed E-state index contributed by atoms with van der Waals surface area (Å²) < 4.78 is 5.41. The van der Waals surface area contributed by atoms with Crippen molar-refractivity contribution < 1.29 is 4.74 Å². The first kappa shape index (κ1) is 12.5. The van der Waals surface area contributed by atoms with Gasteiger partial charge >= 0.3 is 0 Å². The lowest BCUT2D eigenvalue weighted by molar-refractivity contribution is -0.0202. The highest BCUT2D eigenvalue weighted by Gasteiger charge is 2.28. The third-order valence-electron chi connectivity index (χ3n) is 2.71. The molecule has 0 heterocycles. The van der Waals surface area contributed by atoms with Gasteiger partial charge < -0.3 is 10.5 Å². The fourth-order valence-corrected chi connectivity index (χ4v) is 1.22. The molecule has 0 saturated heterocycles. The van der Waals surface area contributed by atoms with Crippen LogP contribution in [0.1, 0.15) is 40.0 Å². The van der Waals surface area contributed by atoms with E-state index in [0.717, 1.165) is 19.3 Å². The molecule has 0 aromatic heterocycles. The minimum Gasteiger partial charge on any atom is -0.377 e. The lowest BCUT2D eigenvalue weighted by Gasteiger charge is -2.32. The highest BCUT2D eigenvalue weighted by Crippen LogP contribution is 2.20. The lowest BCUT2D eigenvalue weighted by Crippen LogP contribution is -2.46. The maximum absolute atomic E-state index is 6.02. The fourth-order valence-electron chi connectivity index (χ4n) is 1.22. The Labute approximate surface area is 81.8 Å². The van der Waals surface area contributed by atoms with Gasteiger partial charge in [-0.15, -0.1) is 11.8 Å². The van der Waals surface area contributed by atoms with Gasteiger partial charge in [0, 0.05) is 19.6 Å². The predicted octanol–water partition coefficient (Wildman–Crippen LogP) is 1.93. The first-order valence-corrected chi connectivity index (χ1v) is 4.81. The average Bonchev–Trinajstić information content (AvgIpc) is 2.17. The van der Waals surface area contributed by atoms with Gasteiger partial charge in [0.25, 0.3) is 0 Å². The van der Waals surface area contributed by atoms with Crippen LogP contribution in [0.15, 0.2) is 0 Å². The van der Waals surface area contributed by atoms with Crippen LogP contribution in [-0.4, -0.2) is 18.8 Å². The molecular formula is C11H21NO. The van der Waals surface area contributed by atoms with Crippen LogP contribution in [-0.2, 0) is 4.74 Å². The van der Waals surface area contributed by atoms with Gasteiger partial charge in [-0.2, -0.15) is 0 Å². The summed E-state index contributed by atoms with van der Waals surface area (Å²) in [4.78, 5) is 0. The van der Waals surface area contributed by atoms with Crippen molar-refractivity contribution in [2.45, 2.75) is 51.7 Å². The molecule has 0 bridgehead atoms. The average molecular weight is 183 g/mol. The third-order valence-corrected chi connectivity index (χ3v) is 2.71. The van der Waals surface area contributed by atoms with Gasteiger partial charge in [-0.3, -0.25) is 0 Å². The standard InChI is InChI=1S/C11H21NO/c1-5-7-8-9-10(12)11(3,6-2)13-4/h10H,6,8-9,12H2,1-4H3. The van der Waals surface area contributed by atoms with Gasteiger partial charge in [0.05, 0.1) is 5.60 Å². The van der Waals surface area contributed by atoms with Gasteiger partial charge in [-0.1, -0.05) is 6.92 Å². The molecule has 0 aliphatic heterocycles. The molecule has 0 aromatic rings. The van der Waals surface area contributed by atoms with Crippen LogP contribution in [0.25, 0.3) is 0 Å². The predicted molar refractivity (Wildman–Crippen MR) is 56.4 cm³/mol. The Balaban J connectivity index is 4.03. The largest absolute Gasteiger partial charge is 0.377 e. The van der Waals surface area contributed by atoms with Crippen molar-refractivity contribution in [3.63, 3.8) is 0 Å². The summed E-state index contributed by atoms with van der Waals surface area (Å²) in [7, 11) is 1.72. The maximum Gasteiger partial charge on any atom is 0.0798 e. The summed E-state index contributed by atoms with van der Waals surface area (Å²) in [5.74, 6) is 5.88. The van der Waals surface area contributed by atoms with E-state index >= 15 is 0 Å². The Hall–Kier alpha value is -0.520. The zero-order valence-electron chi connectivity index (χ0n) is 9.18. The molecule has 2 atom stereocenters. The van der Waals surface area contributed by atoms with Crippen molar-refractivity contribution in [2.24, 2.45) is 5.73 Å². The van der Waals surface area contributed by atoms with E-state index in [9.17, 15) is 0 Å². The van der Waals surface area contributed by atoms with Gasteiger partial charge in [0.2, 0.25) is 0 Å². The van der Waals surface area contributed by atoms with Crippen molar-refractivity contribution in [1.82, 2.24) is 0 Å². The van der Waals surface area contributed by atoms with Crippen molar-refractivity contribution in [3.8, 4) is 11.8 Å². The Kier molecular flexibility index (Phi) is 5.77. The van der Waals surface area contributed by atoms with E-state index in [4.69, 9.17) is 10.5 Å². The van der Waals surface area contributed by atoms with Crippen molar-refractivity contribution in [2.75, 3.05) is 7.11 Å². The molecule has 2 nitrogen and oxygen atoms in total. The van der Waals surface area contributed by atoms with Crippen LogP contribution in [0.2, 0.25) is 0 Å². The van der Waals surface area contributed by atoms with E-state index in [1.807, 2.05) is 6.92 Å². The molecule has 0 spiro atoms. The quantitative estimate of drug-likeness (QED) is 0.661. The number of hydrogen-bond acceptors (Lipinski definition) is 2.